The summed E-state index contributed by atoms with van der Waals surface area (Å²) in [6.45, 7) is 14.2. The van der Waals surface area contributed by atoms with Crippen LogP contribution in [0.1, 0.15) is 44.4 Å². The van der Waals surface area contributed by atoms with Crippen LogP contribution in [0, 0.1) is 13.8 Å². The maximum absolute atomic E-state index is 12.6. The summed E-state index contributed by atoms with van der Waals surface area (Å²) in [5.41, 5.74) is 3.19. The highest BCUT2D eigenvalue weighted by Gasteiger charge is 2.32. The van der Waals surface area contributed by atoms with Crippen molar-refractivity contribution in [1.29, 1.82) is 0 Å². The molecule has 0 saturated carbocycles. The van der Waals surface area contributed by atoms with Crippen LogP contribution in [0.2, 0.25) is 0 Å². The molecule has 0 atom stereocenters. The number of nitrogens with zero attached hydrogens (tertiary/aromatic N) is 1. The van der Waals surface area contributed by atoms with Gasteiger partial charge in [-0.05, 0) is 46.3 Å². The Morgan fingerprint density at radius 2 is 1.53 bits per heavy atom. The normalized spacial score (nSPS) is 11.9. The van der Waals surface area contributed by atoms with Crippen LogP contribution in [0.25, 0.3) is 0 Å². The Morgan fingerprint density at radius 3 is 1.95 bits per heavy atom. The molecule has 0 spiro atoms. The molecule has 0 amide bonds. The molecule has 0 unspecified atom stereocenters. The van der Waals surface area contributed by atoms with Gasteiger partial charge in [0, 0.05) is 6.42 Å². The summed E-state index contributed by atoms with van der Waals surface area (Å²) in [6, 6.07) is 6.37. The van der Waals surface area contributed by atoms with Crippen molar-refractivity contribution in [2.75, 3.05) is 13.1 Å². The van der Waals surface area contributed by atoms with Crippen LogP contribution in [-0.4, -0.2) is 29.3 Å². The summed E-state index contributed by atoms with van der Waals surface area (Å²) in [5, 5.41) is 0. The summed E-state index contributed by atoms with van der Waals surface area (Å²) in [4.78, 5) is 14.8. The molecule has 0 fully saturated rings. The molecule has 0 radical (unpaired) electrons. The van der Waals surface area contributed by atoms with E-state index in [1.54, 1.807) is 0 Å². The molecule has 1 aromatic carbocycles. The first-order valence-electron chi connectivity index (χ1n) is 7.16. The highest BCUT2D eigenvalue weighted by molar-refractivity contribution is 5.89. The summed E-state index contributed by atoms with van der Waals surface area (Å²) < 4.78 is 0. The highest BCUT2D eigenvalue weighted by atomic mass is 16.1. The Bertz CT molecular complexity index is 424. The SMILES string of the molecule is CCN(CC)C(C)(C)C(=O)Cc1cc(C)cc(C)c1. The molecule has 2 heteroatoms. The maximum Gasteiger partial charge on any atom is 0.156 e. The van der Waals surface area contributed by atoms with Crippen molar-refractivity contribution in [3.05, 3.63) is 34.9 Å². The lowest BCUT2D eigenvalue weighted by molar-refractivity contribution is -0.128. The monoisotopic (exact) mass is 261 g/mol. The molecule has 0 aliphatic rings. The molecule has 19 heavy (non-hydrogen) atoms. The van der Waals surface area contributed by atoms with Gasteiger partial charge in [0.25, 0.3) is 0 Å². The predicted molar refractivity (Wildman–Crippen MR) is 81.6 cm³/mol. The maximum atomic E-state index is 12.6. The summed E-state index contributed by atoms with van der Waals surface area (Å²) in [7, 11) is 0. The van der Waals surface area contributed by atoms with E-state index in [4.69, 9.17) is 0 Å². The number of carbonyl (C=O) groups excluding carboxylic acids is 1. The fourth-order valence-electron chi connectivity index (χ4n) is 2.76. The van der Waals surface area contributed by atoms with E-state index in [0.29, 0.717) is 12.2 Å². The van der Waals surface area contributed by atoms with E-state index < -0.39 is 0 Å². The molecule has 0 bridgehead atoms. The summed E-state index contributed by atoms with van der Waals surface area (Å²) >= 11 is 0. The number of likely N-dealkylation sites (N-methyl/N-ethyl adjacent to an activating group) is 1. The van der Waals surface area contributed by atoms with E-state index in [0.717, 1.165) is 18.7 Å². The van der Waals surface area contributed by atoms with Crippen LogP contribution in [0.4, 0.5) is 0 Å². The zero-order valence-corrected chi connectivity index (χ0v) is 13.2. The topological polar surface area (TPSA) is 20.3 Å². The summed E-state index contributed by atoms with van der Waals surface area (Å²) in [5.74, 6) is 0.293. The Labute approximate surface area is 117 Å². The number of hydrogen-bond donors (Lipinski definition) is 0. The van der Waals surface area contributed by atoms with Gasteiger partial charge in [-0.3, -0.25) is 9.69 Å². The quantitative estimate of drug-likeness (QED) is 0.780. The third-order valence-corrected chi connectivity index (χ3v) is 3.88. The van der Waals surface area contributed by atoms with Gasteiger partial charge in [0.1, 0.15) is 0 Å². The van der Waals surface area contributed by atoms with Crippen LogP contribution in [0.5, 0.6) is 0 Å². The van der Waals surface area contributed by atoms with Crippen LogP contribution >= 0.6 is 0 Å². The van der Waals surface area contributed by atoms with Crippen molar-refractivity contribution in [1.82, 2.24) is 4.90 Å². The van der Waals surface area contributed by atoms with Gasteiger partial charge in [-0.1, -0.05) is 43.2 Å². The van der Waals surface area contributed by atoms with Crippen LogP contribution in [-0.2, 0) is 11.2 Å². The minimum atomic E-state index is -0.388. The molecule has 1 aromatic rings. The van der Waals surface area contributed by atoms with Crippen molar-refractivity contribution in [2.45, 2.75) is 53.5 Å². The van der Waals surface area contributed by atoms with Crippen molar-refractivity contribution < 1.29 is 4.79 Å². The minimum Gasteiger partial charge on any atom is -0.297 e. The second kappa shape index (κ2) is 6.33. The van der Waals surface area contributed by atoms with Gasteiger partial charge < -0.3 is 0 Å². The Morgan fingerprint density at radius 1 is 1.05 bits per heavy atom. The molecule has 1 rings (SSSR count). The standard InChI is InChI=1S/C17H27NO/c1-7-18(8-2)17(5,6)16(19)12-15-10-13(3)9-14(4)11-15/h9-11H,7-8,12H2,1-6H3. The fraction of sp³-hybridized carbons (Fsp3) is 0.588. The van der Waals surface area contributed by atoms with Crippen LogP contribution in [0.3, 0.4) is 0 Å². The lowest BCUT2D eigenvalue weighted by Crippen LogP contribution is -2.50. The van der Waals surface area contributed by atoms with Crippen molar-refractivity contribution in [2.24, 2.45) is 0 Å². The molecule has 0 saturated heterocycles. The molecule has 0 N–H and O–H groups in total. The molecule has 106 valence electrons. The van der Waals surface area contributed by atoms with Gasteiger partial charge in [0.05, 0.1) is 5.54 Å². The third kappa shape index (κ3) is 3.90. The van der Waals surface area contributed by atoms with Crippen LogP contribution < -0.4 is 0 Å². The zero-order chi connectivity index (χ0) is 14.6. The molecule has 0 heterocycles. The zero-order valence-electron chi connectivity index (χ0n) is 13.2. The molecule has 2 nitrogen and oxygen atoms in total. The smallest absolute Gasteiger partial charge is 0.156 e. The second-order valence-corrected chi connectivity index (χ2v) is 5.83. The summed E-state index contributed by atoms with van der Waals surface area (Å²) in [6.07, 6.45) is 0.520. The Hall–Kier alpha value is -1.15. The highest BCUT2D eigenvalue weighted by Crippen LogP contribution is 2.19. The van der Waals surface area contributed by atoms with E-state index in [1.165, 1.54) is 11.1 Å². The van der Waals surface area contributed by atoms with Crippen LogP contribution in [0.15, 0.2) is 18.2 Å². The number of carbonyl (C=O) groups is 1. The molecular weight excluding hydrogens is 234 g/mol. The van der Waals surface area contributed by atoms with Crippen molar-refractivity contribution in [3.8, 4) is 0 Å². The lowest BCUT2D eigenvalue weighted by Gasteiger charge is -2.35. The van der Waals surface area contributed by atoms with Gasteiger partial charge in [-0.25, -0.2) is 0 Å². The first-order chi connectivity index (χ1) is 8.81. The van der Waals surface area contributed by atoms with E-state index in [-0.39, 0.29) is 5.54 Å². The predicted octanol–water partition coefficient (Wildman–Crippen LogP) is 3.54. The minimum absolute atomic E-state index is 0.293. The molecule has 0 aliphatic carbocycles. The molecule has 0 aliphatic heterocycles. The average Bonchev–Trinajstić information content (AvgIpc) is 2.28. The number of Topliss-reactive ketones (excluding diaryl/α,β-unsaturated/α-hetero) is 1. The van der Waals surface area contributed by atoms with Gasteiger partial charge in [-0.15, -0.1) is 0 Å². The number of rotatable bonds is 6. The Balaban J connectivity index is 2.89. The average molecular weight is 261 g/mol. The first-order valence-corrected chi connectivity index (χ1v) is 7.16. The van der Waals surface area contributed by atoms with Gasteiger partial charge in [-0.2, -0.15) is 0 Å². The molecular formula is C17H27NO. The van der Waals surface area contributed by atoms with E-state index in [9.17, 15) is 4.79 Å². The fourth-order valence-corrected chi connectivity index (χ4v) is 2.76. The number of benzene rings is 1. The first kappa shape index (κ1) is 15.9. The van der Waals surface area contributed by atoms with E-state index >= 15 is 0 Å². The van der Waals surface area contributed by atoms with Gasteiger partial charge in [0.2, 0.25) is 0 Å². The Kier molecular flexibility index (Phi) is 5.30. The second-order valence-electron chi connectivity index (χ2n) is 5.83. The van der Waals surface area contributed by atoms with Gasteiger partial charge >= 0.3 is 0 Å². The lowest BCUT2D eigenvalue weighted by atomic mass is 9.90. The number of hydrogen-bond acceptors (Lipinski definition) is 2. The van der Waals surface area contributed by atoms with Crippen molar-refractivity contribution in [3.63, 3.8) is 0 Å². The largest absolute Gasteiger partial charge is 0.297 e. The van der Waals surface area contributed by atoms with E-state index in [2.05, 4.69) is 50.8 Å². The third-order valence-electron chi connectivity index (χ3n) is 3.88. The van der Waals surface area contributed by atoms with E-state index in [1.807, 2.05) is 13.8 Å². The van der Waals surface area contributed by atoms with Gasteiger partial charge in [0.15, 0.2) is 5.78 Å². The number of ketones is 1. The molecule has 0 aromatic heterocycles. The van der Waals surface area contributed by atoms with Crippen molar-refractivity contribution >= 4 is 5.78 Å². The number of aryl methyl sites for hydroxylation is 2.